The summed E-state index contributed by atoms with van der Waals surface area (Å²) in [4.78, 5) is 94.1. The summed E-state index contributed by atoms with van der Waals surface area (Å²) in [6.07, 6.45) is -2.22. The molecule has 2 rings (SSSR count). The largest absolute Gasteiger partial charge is 0.333 e. The maximum Gasteiger partial charge on any atom is 0.333 e. The Kier molecular flexibility index (Phi) is 6.40. The third-order valence-corrected chi connectivity index (χ3v) is 2.66. The van der Waals surface area contributed by atoms with E-state index < -0.39 is 48.7 Å². The Morgan fingerprint density at radius 3 is 1.19 bits per heavy atom. The van der Waals surface area contributed by atoms with Gasteiger partial charge in [0.2, 0.25) is 10.8 Å². The van der Waals surface area contributed by atoms with Crippen LogP contribution >= 0.6 is 0 Å². The molecule has 2 heterocycles. The van der Waals surface area contributed by atoms with Crippen LogP contribution in [0.1, 0.15) is 38.5 Å². The lowest BCUT2D eigenvalue weighted by molar-refractivity contribution is -0.463. The average Bonchev–Trinajstić information content (AvgIpc) is 2.81. The Labute approximate surface area is 144 Å². The van der Waals surface area contributed by atoms with E-state index in [0.717, 1.165) is 0 Å². The monoisotopic (exact) mass is 376 g/mol. The standard InChI is InChI=1S/C12H12N2O12/c15-7-1-2-8(16)22-13(21-7)25-11(19)5-6-12(20)26-14-23-9(17)3-4-10(18)24-14/h1-6H2. The van der Waals surface area contributed by atoms with Crippen LogP contribution in [0.3, 0.4) is 0 Å². The molecule has 0 bridgehead atoms. The van der Waals surface area contributed by atoms with E-state index in [1.165, 1.54) is 0 Å². The van der Waals surface area contributed by atoms with Gasteiger partial charge in [0.25, 0.3) is 0 Å². The molecule has 26 heavy (non-hydrogen) atoms. The van der Waals surface area contributed by atoms with Crippen molar-refractivity contribution in [3.63, 3.8) is 0 Å². The van der Waals surface area contributed by atoms with E-state index in [1.54, 1.807) is 0 Å². The van der Waals surface area contributed by atoms with Crippen molar-refractivity contribution in [2.24, 2.45) is 0 Å². The van der Waals surface area contributed by atoms with Crippen LogP contribution in [0.25, 0.3) is 0 Å². The van der Waals surface area contributed by atoms with Crippen LogP contribution in [0.15, 0.2) is 0 Å². The molecule has 0 N–H and O–H groups in total. The van der Waals surface area contributed by atoms with E-state index >= 15 is 0 Å². The fraction of sp³-hybridized carbons (Fsp3) is 0.500. The normalized spacial score (nSPS) is 19.2. The second-order valence-corrected chi connectivity index (χ2v) is 4.73. The summed E-state index contributed by atoms with van der Waals surface area (Å²) in [7, 11) is 0. The van der Waals surface area contributed by atoms with Crippen LogP contribution < -0.4 is 0 Å². The van der Waals surface area contributed by atoms with E-state index in [4.69, 9.17) is 0 Å². The quantitative estimate of drug-likeness (QED) is 0.556. The molecule has 2 aliphatic rings. The van der Waals surface area contributed by atoms with Crippen molar-refractivity contribution in [2.45, 2.75) is 38.5 Å². The molecule has 142 valence electrons. The molecule has 0 aromatic heterocycles. The number of hydrogen-bond acceptors (Lipinski definition) is 14. The van der Waals surface area contributed by atoms with Gasteiger partial charge in [0.05, 0.1) is 38.5 Å². The van der Waals surface area contributed by atoms with E-state index in [1.807, 2.05) is 0 Å². The first-order valence-corrected chi connectivity index (χ1v) is 7.17. The van der Waals surface area contributed by atoms with Gasteiger partial charge in [0.1, 0.15) is 0 Å². The van der Waals surface area contributed by atoms with Gasteiger partial charge in [-0.3, -0.25) is 28.8 Å². The summed E-state index contributed by atoms with van der Waals surface area (Å²) < 4.78 is 0. The van der Waals surface area contributed by atoms with Gasteiger partial charge in [-0.1, -0.05) is 0 Å². The zero-order valence-electron chi connectivity index (χ0n) is 13.0. The Balaban J connectivity index is 1.74. The summed E-state index contributed by atoms with van der Waals surface area (Å²) in [5.74, 6) is -5.70. The minimum absolute atomic E-state index is 0.0658. The molecule has 0 aliphatic carbocycles. The molecule has 14 nitrogen and oxygen atoms in total. The maximum absolute atomic E-state index is 11.6. The summed E-state index contributed by atoms with van der Waals surface area (Å²) in [6, 6.07) is 0. The van der Waals surface area contributed by atoms with Crippen molar-refractivity contribution in [1.29, 1.82) is 0 Å². The Morgan fingerprint density at radius 1 is 0.654 bits per heavy atom. The summed E-state index contributed by atoms with van der Waals surface area (Å²) in [6.45, 7) is 0. The first kappa shape index (κ1) is 19.1. The second-order valence-electron chi connectivity index (χ2n) is 4.73. The number of nitrogens with zero attached hydrogens (tertiary/aromatic N) is 2. The first-order valence-electron chi connectivity index (χ1n) is 7.17. The molecule has 0 spiro atoms. The molecular formula is C12H12N2O12. The number of hydrogen-bond donors (Lipinski definition) is 0. The van der Waals surface area contributed by atoms with Crippen molar-refractivity contribution in [1.82, 2.24) is 10.8 Å². The van der Waals surface area contributed by atoms with Gasteiger partial charge in [-0.25, -0.2) is 0 Å². The van der Waals surface area contributed by atoms with Gasteiger partial charge < -0.3 is 29.0 Å². The van der Waals surface area contributed by atoms with E-state index in [2.05, 4.69) is 29.0 Å². The first-order chi connectivity index (χ1) is 12.3. The van der Waals surface area contributed by atoms with E-state index in [0.29, 0.717) is 0 Å². The van der Waals surface area contributed by atoms with Crippen LogP contribution in [-0.2, 0) is 57.8 Å². The zero-order valence-corrected chi connectivity index (χ0v) is 13.0. The smallest absolute Gasteiger partial charge is 0.300 e. The molecule has 0 saturated carbocycles. The van der Waals surface area contributed by atoms with Gasteiger partial charge in [-0.2, -0.15) is 0 Å². The van der Waals surface area contributed by atoms with Gasteiger partial charge in [0, 0.05) is 0 Å². The zero-order chi connectivity index (χ0) is 19.1. The van der Waals surface area contributed by atoms with Gasteiger partial charge in [0.15, 0.2) is 0 Å². The molecule has 2 fully saturated rings. The van der Waals surface area contributed by atoms with Crippen LogP contribution in [0, 0.1) is 0 Å². The van der Waals surface area contributed by atoms with Crippen LogP contribution in [0.4, 0.5) is 0 Å². The topological polar surface area (TPSA) is 164 Å². The van der Waals surface area contributed by atoms with Crippen LogP contribution in [-0.4, -0.2) is 46.6 Å². The molecule has 0 atom stereocenters. The Morgan fingerprint density at radius 2 is 0.923 bits per heavy atom. The van der Waals surface area contributed by atoms with Gasteiger partial charge in [-0.05, 0) is 0 Å². The van der Waals surface area contributed by atoms with Crippen LogP contribution in [0.2, 0.25) is 0 Å². The van der Waals surface area contributed by atoms with Crippen molar-refractivity contribution >= 4 is 35.8 Å². The van der Waals surface area contributed by atoms with Crippen molar-refractivity contribution < 1.29 is 57.8 Å². The molecule has 0 radical (unpaired) electrons. The third-order valence-electron chi connectivity index (χ3n) is 2.66. The molecule has 0 unspecified atom stereocenters. The molecule has 2 saturated heterocycles. The molecule has 14 heteroatoms. The summed E-state index contributed by atoms with van der Waals surface area (Å²) in [5.41, 5.74) is 0. The van der Waals surface area contributed by atoms with Gasteiger partial charge >= 0.3 is 35.8 Å². The Bertz CT molecular complexity index is 542. The highest BCUT2D eigenvalue weighted by molar-refractivity contribution is 5.80. The summed E-state index contributed by atoms with van der Waals surface area (Å²) in [5, 5.41) is -0.132. The second kappa shape index (κ2) is 8.72. The van der Waals surface area contributed by atoms with E-state index in [-0.39, 0.29) is 36.5 Å². The SMILES string of the molecule is O=C1CCC(=O)ON(OC(=O)CCC(=O)ON2OC(=O)CCC(=O)O2)O1. The van der Waals surface area contributed by atoms with E-state index in [9.17, 15) is 28.8 Å². The minimum Gasteiger partial charge on any atom is -0.300 e. The molecule has 0 aromatic carbocycles. The van der Waals surface area contributed by atoms with Gasteiger partial charge in [-0.15, -0.1) is 0 Å². The molecule has 0 amide bonds. The third kappa shape index (κ3) is 6.33. The van der Waals surface area contributed by atoms with Crippen molar-refractivity contribution in [3.05, 3.63) is 0 Å². The highest BCUT2D eigenvalue weighted by atomic mass is 17.2. The molecular weight excluding hydrogens is 364 g/mol. The lowest BCUT2D eigenvalue weighted by Gasteiger charge is -2.15. The highest BCUT2D eigenvalue weighted by Crippen LogP contribution is 2.11. The van der Waals surface area contributed by atoms with Crippen LogP contribution in [0.5, 0.6) is 0 Å². The lowest BCUT2D eigenvalue weighted by atomic mass is 10.3. The fourth-order valence-electron chi connectivity index (χ4n) is 1.50. The molecule has 0 aromatic rings. The lowest BCUT2D eigenvalue weighted by Crippen LogP contribution is -2.31. The average molecular weight is 376 g/mol. The molecule has 2 aliphatic heterocycles. The highest BCUT2D eigenvalue weighted by Gasteiger charge is 2.29. The fourth-order valence-corrected chi connectivity index (χ4v) is 1.50. The Hall–Kier alpha value is -3.26. The van der Waals surface area contributed by atoms with Crippen molar-refractivity contribution in [3.8, 4) is 0 Å². The minimum atomic E-state index is -1.12. The number of carbonyl (C=O) groups excluding carboxylic acids is 6. The number of rotatable bonds is 5. The summed E-state index contributed by atoms with van der Waals surface area (Å²) >= 11 is 0. The predicted octanol–water partition coefficient (Wildman–Crippen LogP) is -1.29. The van der Waals surface area contributed by atoms with Crippen molar-refractivity contribution in [2.75, 3.05) is 0 Å². The number of carbonyl (C=O) groups is 6. The maximum atomic E-state index is 11.6. The predicted molar refractivity (Wildman–Crippen MR) is 67.9 cm³/mol.